The summed E-state index contributed by atoms with van der Waals surface area (Å²) in [5, 5.41) is 11.3. The highest BCUT2D eigenvalue weighted by molar-refractivity contribution is 5.84. The molecule has 0 aromatic heterocycles. The van der Waals surface area contributed by atoms with Gasteiger partial charge in [-0.1, -0.05) is 32.1 Å². The number of rotatable bonds is 8. The summed E-state index contributed by atoms with van der Waals surface area (Å²) >= 11 is 0. The van der Waals surface area contributed by atoms with Gasteiger partial charge in [-0.25, -0.2) is 4.79 Å². The summed E-state index contributed by atoms with van der Waals surface area (Å²) < 4.78 is 5.33. The van der Waals surface area contributed by atoms with Gasteiger partial charge in [-0.3, -0.25) is 4.79 Å². The van der Waals surface area contributed by atoms with Crippen LogP contribution >= 0.6 is 0 Å². The molecule has 5 nitrogen and oxygen atoms in total. The summed E-state index contributed by atoms with van der Waals surface area (Å²) in [5.74, 6) is -0.565. The van der Waals surface area contributed by atoms with Crippen LogP contribution in [0.3, 0.4) is 0 Å². The van der Waals surface area contributed by atoms with Crippen LogP contribution in [0.2, 0.25) is 0 Å². The molecule has 2 N–H and O–H groups in total. The highest BCUT2D eigenvalue weighted by Gasteiger charge is 2.18. The fourth-order valence-corrected chi connectivity index (χ4v) is 1.72. The number of hydrogen-bond donors (Lipinski definition) is 2. The van der Waals surface area contributed by atoms with Crippen LogP contribution in [0.4, 0.5) is 0 Å². The first-order valence-electron chi connectivity index (χ1n) is 6.80. The summed E-state index contributed by atoms with van der Waals surface area (Å²) in [4.78, 5) is 22.5. The number of hydrogen-bond acceptors (Lipinski definition) is 3. The van der Waals surface area contributed by atoms with Gasteiger partial charge in [0.1, 0.15) is 11.8 Å². The number of carbonyl (C=O) groups excluding carboxylic acids is 1. The predicted octanol–water partition coefficient (Wildman–Crippen LogP) is 2.33. The third-order valence-corrected chi connectivity index (χ3v) is 2.95. The third-order valence-electron chi connectivity index (χ3n) is 2.95. The molecule has 1 rings (SSSR count). The first-order chi connectivity index (χ1) is 9.93. The highest BCUT2D eigenvalue weighted by atomic mass is 16.5. The second-order valence-electron chi connectivity index (χ2n) is 5.00. The van der Waals surface area contributed by atoms with Gasteiger partial charge in [-0.2, -0.15) is 0 Å². The Hall–Kier alpha value is -2.30. The molecular weight excluding hydrogens is 270 g/mol. The number of carboxylic acids is 1. The molecule has 0 saturated heterocycles. The van der Waals surface area contributed by atoms with Crippen molar-refractivity contribution in [2.24, 2.45) is 0 Å². The van der Waals surface area contributed by atoms with E-state index in [1.54, 1.807) is 12.1 Å². The molecule has 1 atom stereocenters. The molecular formula is C16H21NO4. The Kier molecular flexibility index (Phi) is 6.46. The van der Waals surface area contributed by atoms with Crippen LogP contribution in [0.5, 0.6) is 5.75 Å². The number of carbonyl (C=O) groups is 2. The van der Waals surface area contributed by atoms with Crippen LogP contribution < -0.4 is 10.1 Å². The van der Waals surface area contributed by atoms with E-state index < -0.39 is 17.9 Å². The monoisotopic (exact) mass is 291 g/mol. The average molecular weight is 291 g/mol. The maximum absolute atomic E-state index is 11.6. The van der Waals surface area contributed by atoms with Crippen molar-refractivity contribution < 1.29 is 19.4 Å². The molecule has 0 saturated carbocycles. The second kappa shape index (κ2) is 8.09. The topological polar surface area (TPSA) is 75.6 Å². The molecule has 21 heavy (non-hydrogen) atoms. The molecule has 114 valence electrons. The first kappa shape index (κ1) is 16.8. The molecule has 1 amide bonds. The van der Waals surface area contributed by atoms with Crippen LogP contribution in [0.25, 0.3) is 0 Å². The molecule has 1 unspecified atom stereocenters. The fourth-order valence-electron chi connectivity index (χ4n) is 1.72. The lowest BCUT2D eigenvalue weighted by molar-refractivity contribution is -0.142. The normalized spacial score (nSPS) is 11.8. The van der Waals surface area contributed by atoms with Gasteiger partial charge in [0.05, 0.1) is 0 Å². The van der Waals surface area contributed by atoms with Crippen LogP contribution in [-0.2, 0) is 9.59 Å². The molecule has 1 aromatic rings. The van der Waals surface area contributed by atoms with Crippen molar-refractivity contribution in [1.82, 2.24) is 5.32 Å². The van der Waals surface area contributed by atoms with Gasteiger partial charge < -0.3 is 15.2 Å². The highest BCUT2D eigenvalue weighted by Crippen LogP contribution is 2.18. The lowest BCUT2D eigenvalue weighted by Gasteiger charge is -2.13. The summed E-state index contributed by atoms with van der Waals surface area (Å²) in [5.41, 5.74) is 1.18. The van der Waals surface area contributed by atoms with Crippen LogP contribution in [0.1, 0.15) is 31.7 Å². The second-order valence-corrected chi connectivity index (χ2v) is 5.00. The van der Waals surface area contributed by atoms with Crippen molar-refractivity contribution in [2.75, 3.05) is 6.61 Å². The number of carboxylic acid groups (broad SMARTS) is 1. The van der Waals surface area contributed by atoms with Crippen molar-refractivity contribution in [3.05, 3.63) is 42.5 Å². The van der Waals surface area contributed by atoms with E-state index in [1.165, 1.54) is 11.6 Å². The van der Waals surface area contributed by atoms with Gasteiger partial charge in [0.15, 0.2) is 6.61 Å². The van der Waals surface area contributed by atoms with Gasteiger partial charge in [0.25, 0.3) is 5.91 Å². The Morgan fingerprint density at radius 1 is 1.33 bits per heavy atom. The maximum Gasteiger partial charge on any atom is 0.326 e. The number of aliphatic carboxylic acids is 1. The van der Waals surface area contributed by atoms with Crippen molar-refractivity contribution >= 4 is 11.9 Å². The van der Waals surface area contributed by atoms with Gasteiger partial charge >= 0.3 is 5.97 Å². The molecule has 1 aromatic carbocycles. The summed E-state index contributed by atoms with van der Waals surface area (Å²) in [6.07, 6.45) is 1.62. The Bertz CT molecular complexity index is 494. The molecule has 0 bridgehead atoms. The summed E-state index contributed by atoms with van der Waals surface area (Å²) in [7, 11) is 0. The van der Waals surface area contributed by atoms with Crippen LogP contribution in [0.15, 0.2) is 36.9 Å². The lowest BCUT2D eigenvalue weighted by atomic mass is 10.0. The summed E-state index contributed by atoms with van der Waals surface area (Å²) in [6, 6.07) is 6.50. The quantitative estimate of drug-likeness (QED) is 0.721. The van der Waals surface area contributed by atoms with Crippen molar-refractivity contribution in [2.45, 2.75) is 32.2 Å². The zero-order chi connectivity index (χ0) is 15.8. The van der Waals surface area contributed by atoms with Crippen LogP contribution in [0, 0.1) is 0 Å². The van der Waals surface area contributed by atoms with Gasteiger partial charge in [-0.15, -0.1) is 6.58 Å². The summed E-state index contributed by atoms with van der Waals surface area (Å²) in [6.45, 7) is 7.42. The predicted molar refractivity (Wildman–Crippen MR) is 80.4 cm³/mol. The van der Waals surface area contributed by atoms with E-state index in [4.69, 9.17) is 9.84 Å². The molecule has 0 radical (unpaired) electrons. The van der Waals surface area contributed by atoms with E-state index in [1.807, 2.05) is 12.1 Å². The molecule has 0 fully saturated rings. The third kappa shape index (κ3) is 5.69. The van der Waals surface area contributed by atoms with Crippen molar-refractivity contribution in [3.8, 4) is 5.75 Å². The van der Waals surface area contributed by atoms with E-state index in [9.17, 15) is 9.59 Å². The van der Waals surface area contributed by atoms with Gasteiger partial charge in [0, 0.05) is 0 Å². The van der Waals surface area contributed by atoms with Gasteiger partial charge in [-0.05, 0) is 30.0 Å². The average Bonchev–Trinajstić information content (AvgIpc) is 2.45. The van der Waals surface area contributed by atoms with E-state index in [-0.39, 0.29) is 13.0 Å². The van der Waals surface area contributed by atoms with E-state index >= 15 is 0 Å². The van der Waals surface area contributed by atoms with Crippen LogP contribution in [-0.4, -0.2) is 29.6 Å². The fraction of sp³-hybridized carbons (Fsp3) is 0.375. The van der Waals surface area contributed by atoms with Gasteiger partial charge in [0.2, 0.25) is 0 Å². The minimum atomic E-state index is -1.09. The maximum atomic E-state index is 11.6. The molecule has 0 aliphatic heterocycles. The molecule has 5 heteroatoms. The van der Waals surface area contributed by atoms with E-state index in [0.29, 0.717) is 11.7 Å². The Morgan fingerprint density at radius 2 is 1.95 bits per heavy atom. The zero-order valence-electron chi connectivity index (χ0n) is 12.3. The van der Waals surface area contributed by atoms with E-state index in [2.05, 4.69) is 25.7 Å². The molecule has 0 aliphatic carbocycles. The lowest BCUT2D eigenvalue weighted by Crippen LogP contribution is -2.42. The molecule has 0 spiro atoms. The number of ether oxygens (including phenoxy) is 1. The number of benzene rings is 1. The largest absolute Gasteiger partial charge is 0.484 e. The standard InChI is InChI=1S/C16H21NO4/c1-4-5-14(16(19)20)17-15(18)10-21-13-8-6-12(7-9-13)11(2)3/h4,6-9,11,14H,1,5,10H2,2-3H3,(H,17,18)(H,19,20). The number of nitrogens with one attached hydrogen (secondary N) is 1. The molecule has 0 heterocycles. The van der Waals surface area contributed by atoms with Crippen molar-refractivity contribution in [1.29, 1.82) is 0 Å². The van der Waals surface area contributed by atoms with E-state index in [0.717, 1.165) is 0 Å². The smallest absolute Gasteiger partial charge is 0.326 e. The first-order valence-corrected chi connectivity index (χ1v) is 6.80. The molecule has 0 aliphatic rings. The van der Waals surface area contributed by atoms with Crippen molar-refractivity contribution in [3.63, 3.8) is 0 Å². The Balaban J connectivity index is 2.48. The zero-order valence-corrected chi connectivity index (χ0v) is 12.3. The Morgan fingerprint density at radius 3 is 2.43 bits per heavy atom. The minimum absolute atomic E-state index is 0.171. The number of amides is 1. The Labute approximate surface area is 124 Å². The minimum Gasteiger partial charge on any atom is -0.484 e. The SMILES string of the molecule is C=CCC(NC(=O)COc1ccc(C(C)C)cc1)C(=O)O.